The largest absolute Gasteiger partial charge is 0.391 e. The van der Waals surface area contributed by atoms with E-state index in [-0.39, 0.29) is 6.10 Å². The van der Waals surface area contributed by atoms with Crippen LogP contribution in [0.5, 0.6) is 0 Å². The van der Waals surface area contributed by atoms with Crippen molar-refractivity contribution in [1.82, 2.24) is 5.32 Å². The molecule has 3 heteroatoms. The minimum absolute atomic E-state index is 0.144. The lowest BCUT2D eigenvalue weighted by molar-refractivity contribution is 0.0634. The van der Waals surface area contributed by atoms with Crippen molar-refractivity contribution in [3.63, 3.8) is 0 Å². The number of rotatable bonds is 2. The van der Waals surface area contributed by atoms with Crippen molar-refractivity contribution in [1.29, 1.82) is 0 Å². The summed E-state index contributed by atoms with van der Waals surface area (Å²) in [5.41, 5.74) is 0. The zero-order valence-electron chi connectivity index (χ0n) is 7.33. The van der Waals surface area contributed by atoms with Crippen LogP contribution in [0.4, 0.5) is 0 Å². The zero-order valence-corrected chi connectivity index (χ0v) is 7.33. The topological polar surface area (TPSA) is 41.5 Å². The van der Waals surface area contributed by atoms with E-state index in [4.69, 9.17) is 4.74 Å². The minimum Gasteiger partial charge on any atom is -0.391 e. The standard InChI is InChI=1S/C9H17NO2/c11-9-6-10-5-7(9)4-8-2-1-3-12-8/h7-11H,1-6H2/t7-,8?,9-/m1/s1. The lowest BCUT2D eigenvalue weighted by atomic mass is 9.97. The molecule has 0 radical (unpaired) electrons. The Morgan fingerprint density at radius 2 is 2.33 bits per heavy atom. The van der Waals surface area contributed by atoms with Crippen LogP contribution in [0.25, 0.3) is 0 Å². The van der Waals surface area contributed by atoms with Gasteiger partial charge >= 0.3 is 0 Å². The van der Waals surface area contributed by atoms with Crippen molar-refractivity contribution in [2.75, 3.05) is 19.7 Å². The highest BCUT2D eigenvalue weighted by atomic mass is 16.5. The average molecular weight is 171 g/mol. The molecule has 2 heterocycles. The van der Waals surface area contributed by atoms with Crippen molar-refractivity contribution in [2.24, 2.45) is 5.92 Å². The van der Waals surface area contributed by atoms with E-state index in [1.165, 1.54) is 12.8 Å². The molecule has 70 valence electrons. The van der Waals surface area contributed by atoms with Crippen LogP contribution in [0, 0.1) is 5.92 Å². The van der Waals surface area contributed by atoms with Gasteiger partial charge in [-0.05, 0) is 19.3 Å². The van der Waals surface area contributed by atoms with Gasteiger partial charge in [0.1, 0.15) is 0 Å². The number of hydrogen-bond donors (Lipinski definition) is 2. The van der Waals surface area contributed by atoms with Crippen LogP contribution in [0.15, 0.2) is 0 Å². The van der Waals surface area contributed by atoms with Gasteiger partial charge < -0.3 is 15.2 Å². The average Bonchev–Trinajstić information content (AvgIpc) is 2.65. The van der Waals surface area contributed by atoms with Gasteiger partial charge in [0.05, 0.1) is 12.2 Å². The summed E-state index contributed by atoms with van der Waals surface area (Å²) in [7, 11) is 0. The van der Waals surface area contributed by atoms with Crippen molar-refractivity contribution in [3.8, 4) is 0 Å². The lowest BCUT2D eigenvalue weighted by Crippen LogP contribution is -2.22. The van der Waals surface area contributed by atoms with Gasteiger partial charge in [0.2, 0.25) is 0 Å². The van der Waals surface area contributed by atoms with Crippen LogP contribution < -0.4 is 5.32 Å². The third-order valence-corrected chi connectivity index (χ3v) is 2.89. The molecule has 12 heavy (non-hydrogen) atoms. The normalized spacial score (nSPS) is 42.2. The molecule has 0 aromatic carbocycles. The van der Waals surface area contributed by atoms with Gasteiger partial charge in [0.15, 0.2) is 0 Å². The Morgan fingerprint density at radius 3 is 2.92 bits per heavy atom. The minimum atomic E-state index is -0.144. The van der Waals surface area contributed by atoms with E-state index >= 15 is 0 Å². The molecule has 2 fully saturated rings. The Kier molecular flexibility index (Phi) is 2.63. The number of ether oxygens (including phenoxy) is 1. The second kappa shape index (κ2) is 3.73. The van der Waals surface area contributed by atoms with E-state index < -0.39 is 0 Å². The van der Waals surface area contributed by atoms with Crippen LogP contribution in [0.1, 0.15) is 19.3 Å². The molecule has 3 nitrogen and oxygen atoms in total. The van der Waals surface area contributed by atoms with Gasteiger partial charge in [-0.15, -0.1) is 0 Å². The van der Waals surface area contributed by atoms with Crippen LogP contribution in [-0.4, -0.2) is 37.0 Å². The monoisotopic (exact) mass is 171 g/mol. The highest BCUT2D eigenvalue weighted by Gasteiger charge is 2.29. The molecule has 3 atom stereocenters. The summed E-state index contributed by atoms with van der Waals surface area (Å²) in [6.45, 7) is 2.64. The Morgan fingerprint density at radius 1 is 1.42 bits per heavy atom. The highest BCUT2D eigenvalue weighted by molar-refractivity contribution is 4.83. The summed E-state index contributed by atoms with van der Waals surface area (Å²) in [5.74, 6) is 0.424. The number of hydrogen-bond acceptors (Lipinski definition) is 3. The molecule has 0 aromatic rings. The third kappa shape index (κ3) is 1.79. The SMILES string of the molecule is O[C@@H]1CNC[C@H]1CC1CCCO1. The number of nitrogens with one attached hydrogen (secondary N) is 1. The Bertz CT molecular complexity index is 145. The summed E-state index contributed by atoms with van der Waals surface area (Å²) in [5, 5.41) is 12.7. The molecule has 0 aromatic heterocycles. The summed E-state index contributed by atoms with van der Waals surface area (Å²) in [6.07, 6.45) is 3.69. The van der Waals surface area contributed by atoms with Crippen LogP contribution in [0.2, 0.25) is 0 Å². The van der Waals surface area contributed by atoms with E-state index in [0.29, 0.717) is 12.0 Å². The Labute approximate surface area is 73.1 Å². The number of β-amino-alcohol motifs (C(OH)–C–C–N with tert-alkyl or cyclic N) is 1. The predicted octanol–water partition coefficient (Wildman–Crippen LogP) is 0.136. The molecule has 2 aliphatic rings. The van der Waals surface area contributed by atoms with Gasteiger partial charge in [-0.3, -0.25) is 0 Å². The van der Waals surface area contributed by atoms with Gasteiger partial charge in [0.25, 0.3) is 0 Å². The van der Waals surface area contributed by atoms with E-state index in [9.17, 15) is 5.11 Å². The third-order valence-electron chi connectivity index (χ3n) is 2.89. The molecule has 0 spiro atoms. The molecule has 2 aliphatic heterocycles. The van der Waals surface area contributed by atoms with Crippen molar-refractivity contribution in [2.45, 2.75) is 31.5 Å². The first-order valence-corrected chi connectivity index (χ1v) is 4.86. The van der Waals surface area contributed by atoms with Crippen LogP contribution in [0.3, 0.4) is 0 Å². The fourth-order valence-corrected chi connectivity index (χ4v) is 2.13. The van der Waals surface area contributed by atoms with Crippen molar-refractivity contribution < 1.29 is 9.84 Å². The zero-order chi connectivity index (χ0) is 8.39. The van der Waals surface area contributed by atoms with Gasteiger partial charge in [0, 0.05) is 25.6 Å². The van der Waals surface area contributed by atoms with Crippen molar-refractivity contribution >= 4 is 0 Å². The summed E-state index contributed by atoms with van der Waals surface area (Å²) >= 11 is 0. The highest BCUT2D eigenvalue weighted by Crippen LogP contribution is 2.23. The number of aliphatic hydroxyl groups is 1. The molecular formula is C9H17NO2. The maximum atomic E-state index is 9.53. The van der Waals surface area contributed by atoms with Crippen LogP contribution in [-0.2, 0) is 4.74 Å². The van der Waals surface area contributed by atoms with Gasteiger partial charge in [-0.1, -0.05) is 0 Å². The number of aliphatic hydroxyl groups excluding tert-OH is 1. The maximum absolute atomic E-state index is 9.53. The van der Waals surface area contributed by atoms with E-state index in [1.54, 1.807) is 0 Å². The lowest BCUT2D eigenvalue weighted by Gasteiger charge is -2.17. The molecule has 2 saturated heterocycles. The molecule has 1 unspecified atom stereocenters. The fourth-order valence-electron chi connectivity index (χ4n) is 2.13. The van der Waals surface area contributed by atoms with Crippen molar-refractivity contribution in [3.05, 3.63) is 0 Å². The Balaban J connectivity index is 1.77. The second-order valence-corrected chi connectivity index (χ2v) is 3.86. The molecule has 2 rings (SSSR count). The summed E-state index contributed by atoms with van der Waals surface area (Å²) < 4.78 is 5.52. The quantitative estimate of drug-likeness (QED) is 0.621. The van der Waals surface area contributed by atoms with Gasteiger partial charge in [-0.25, -0.2) is 0 Å². The molecule has 0 aliphatic carbocycles. The van der Waals surface area contributed by atoms with E-state index in [2.05, 4.69) is 5.32 Å². The summed E-state index contributed by atoms with van der Waals surface area (Å²) in [6, 6.07) is 0. The van der Waals surface area contributed by atoms with E-state index in [0.717, 1.165) is 26.1 Å². The first-order chi connectivity index (χ1) is 5.86. The first-order valence-electron chi connectivity index (χ1n) is 4.86. The molecule has 0 amide bonds. The van der Waals surface area contributed by atoms with E-state index in [1.807, 2.05) is 0 Å². The fraction of sp³-hybridized carbons (Fsp3) is 1.00. The summed E-state index contributed by atoms with van der Waals surface area (Å²) in [4.78, 5) is 0. The molecule has 0 bridgehead atoms. The second-order valence-electron chi connectivity index (χ2n) is 3.86. The maximum Gasteiger partial charge on any atom is 0.0705 e. The molecule has 2 N–H and O–H groups in total. The Hall–Kier alpha value is -0.120. The van der Waals surface area contributed by atoms with Crippen LogP contribution >= 0.6 is 0 Å². The predicted molar refractivity (Wildman–Crippen MR) is 46.0 cm³/mol. The van der Waals surface area contributed by atoms with Gasteiger partial charge in [-0.2, -0.15) is 0 Å². The first kappa shape index (κ1) is 8.48. The smallest absolute Gasteiger partial charge is 0.0705 e. The molecular weight excluding hydrogens is 154 g/mol. The molecule has 0 saturated carbocycles.